The normalized spacial score (nSPS) is 11.0. The number of nitrogens with zero attached hydrogens (tertiary/aromatic N) is 3. The molecule has 21 heavy (non-hydrogen) atoms. The average Bonchev–Trinajstić information content (AvgIpc) is 2.36. The molecule has 5 nitrogen and oxygen atoms in total. The van der Waals surface area contributed by atoms with Gasteiger partial charge in [0.25, 0.3) is 0 Å². The van der Waals surface area contributed by atoms with Crippen LogP contribution in [0.5, 0.6) is 0 Å². The largest absolute Gasteiger partial charge is 0.416 e. The number of nitrogen functional groups attached to an aromatic ring is 1. The van der Waals surface area contributed by atoms with Gasteiger partial charge >= 0.3 is 6.18 Å². The van der Waals surface area contributed by atoms with Gasteiger partial charge in [0, 0.05) is 11.8 Å². The molecular weight excluding hydrogens is 283 g/mol. The van der Waals surface area contributed by atoms with E-state index in [4.69, 9.17) is 11.0 Å². The predicted octanol–water partition coefficient (Wildman–Crippen LogP) is 3.00. The summed E-state index contributed by atoms with van der Waals surface area (Å²) in [6.07, 6.45) is -4.50. The number of anilines is 3. The Morgan fingerprint density at radius 1 is 1.24 bits per heavy atom. The average molecular weight is 293 g/mol. The summed E-state index contributed by atoms with van der Waals surface area (Å²) in [6.45, 7) is 1.70. The van der Waals surface area contributed by atoms with Gasteiger partial charge in [-0.2, -0.15) is 23.4 Å². The molecule has 0 bridgehead atoms. The van der Waals surface area contributed by atoms with Gasteiger partial charge in [-0.3, -0.25) is 0 Å². The number of nitriles is 1. The topological polar surface area (TPSA) is 87.6 Å². The van der Waals surface area contributed by atoms with E-state index in [1.54, 1.807) is 19.1 Å². The van der Waals surface area contributed by atoms with E-state index in [-0.39, 0.29) is 17.2 Å². The second-order valence-corrected chi connectivity index (χ2v) is 4.25. The van der Waals surface area contributed by atoms with Gasteiger partial charge in [0.05, 0.1) is 16.8 Å². The molecule has 1 heterocycles. The number of aryl methyl sites for hydroxylation is 1. The predicted molar refractivity (Wildman–Crippen MR) is 70.6 cm³/mol. The summed E-state index contributed by atoms with van der Waals surface area (Å²) in [5.74, 6) is 0.333. The van der Waals surface area contributed by atoms with Gasteiger partial charge in [0.1, 0.15) is 11.9 Å². The van der Waals surface area contributed by atoms with Gasteiger partial charge in [-0.05, 0) is 25.1 Å². The molecule has 1 aromatic carbocycles. The van der Waals surface area contributed by atoms with E-state index in [2.05, 4.69) is 15.3 Å². The molecule has 0 aliphatic heterocycles. The van der Waals surface area contributed by atoms with Crippen molar-refractivity contribution in [3.8, 4) is 6.07 Å². The molecule has 3 N–H and O–H groups in total. The summed E-state index contributed by atoms with van der Waals surface area (Å²) in [4.78, 5) is 7.78. The Balaban J connectivity index is 2.39. The van der Waals surface area contributed by atoms with Crippen LogP contribution in [0.15, 0.2) is 24.3 Å². The van der Waals surface area contributed by atoms with Crippen LogP contribution in [0, 0.1) is 18.3 Å². The van der Waals surface area contributed by atoms with Crippen LogP contribution in [0.4, 0.5) is 30.6 Å². The number of alkyl halides is 3. The lowest BCUT2D eigenvalue weighted by molar-refractivity contribution is -0.137. The Hall–Kier alpha value is -2.82. The van der Waals surface area contributed by atoms with E-state index >= 15 is 0 Å². The molecule has 0 spiro atoms. The van der Waals surface area contributed by atoms with Crippen LogP contribution in [0.25, 0.3) is 0 Å². The Kier molecular flexibility index (Phi) is 3.67. The molecule has 0 atom stereocenters. The van der Waals surface area contributed by atoms with Gasteiger partial charge in [0.2, 0.25) is 5.95 Å². The first-order valence-electron chi connectivity index (χ1n) is 5.79. The van der Waals surface area contributed by atoms with Crippen LogP contribution in [0.1, 0.15) is 16.8 Å². The highest BCUT2D eigenvalue weighted by atomic mass is 19.4. The summed E-state index contributed by atoms with van der Waals surface area (Å²) < 4.78 is 37.8. The minimum atomic E-state index is -4.50. The Labute approximate surface area is 118 Å². The molecule has 2 aromatic rings. The minimum absolute atomic E-state index is 0.0305. The molecule has 0 radical (unpaired) electrons. The Morgan fingerprint density at radius 3 is 2.52 bits per heavy atom. The van der Waals surface area contributed by atoms with E-state index in [9.17, 15) is 13.2 Å². The summed E-state index contributed by atoms with van der Waals surface area (Å²) in [6, 6.07) is 6.13. The van der Waals surface area contributed by atoms with Crippen molar-refractivity contribution in [2.45, 2.75) is 13.1 Å². The Morgan fingerprint density at radius 2 is 1.95 bits per heavy atom. The van der Waals surface area contributed by atoms with E-state index in [0.717, 1.165) is 12.1 Å². The lowest BCUT2D eigenvalue weighted by atomic mass is 10.1. The van der Waals surface area contributed by atoms with Crippen molar-refractivity contribution < 1.29 is 13.2 Å². The maximum Gasteiger partial charge on any atom is 0.416 e. The van der Waals surface area contributed by atoms with Crippen molar-refractivity contribution in [2.75, 3.05) is 11.1 Å². The zero-order valence-electron chi connectivity index (χ0n) is 10.9. The van der Waals surface area contributed by atoms with Crippen molar-refractivity contribution in [2.24, 2.45) is 0 Å². The fraction of sp³-hybridized carbons (Fsp3) is 0.154. The maximum atomic E-state index is 12.6. The number of rotatable bonds is 2. The number of hydrogen-bond acceptors (Lipinski definition) is 5. The molecule has 0 amide bonds. The monoisotopic (exact) mass is 293 g/mol. The van der Waals surface area contributed by atoms with Crippen molar-refractivity contribution in [1.29, 1.82) is 5.26 Å². The molecule has 108 valence electrons. The SMILES string of the molecule is Cc1cc(Nc2ccc(C(F)(F)F)cc2C#N)nc(N)n1. The molecule has 0 saturated carbocycles. The molecule has 0 saturated heterocycles. The zero-order chi connectivity index (χ0) is 15.6. The first-order valence-corrected chi connectivity index (χ1v) is 5.79. The number of hydrogen-bond donors (Lipinski definition) is 2. The van der Waals surface area contributed by atoms with Gasteiger partial charge in [-0.1, -0.05) is 0 Å². The third-order valence-electron chi connectivity index (χ3n) is 2.60. The molecule has 1 aromatic heterocycles. The van der Waals surface area contributed by atoms with Crippen LogP contribution in [0.2, 0.25) is 0 Å². The molecule has 0 aliphatic carbocycles. The van der Waals surface area contributed by atoms with Gasteiger partial charge < -0.3 is 11.1 Å². The van der Waals surface area contributed by atoms with E-state index in [1.807, 2.05) is 0 Å². The second-order valence-electron chi connectivity index (χ2n) is 4.25. The summed E-state index contributed by atoms with van der Waals surface area (Å²) in [5, 5.41) is 11.7. The first-order chi connectivity index (χ1) is 9.79. The third-order valence-corrected chi connectivity index (χ3v) is 2.60. The number of nitrogens with one attached hydrogen (secondary N) is 1. The lowest BCUT2D eigenvalue weighted by Gasteiger charge is -2.11. The highest BCUT2D eigenvalue weighted by Crippen LogP contribution is 2.32. The summed E-state index contributed by atoms with van der Waals surface area (Å²) >= 11 is 0. The highest BCUT2D eigenvalue weighted by Gasteiger charge is 2.31. The molecule has 0 fully saturated rings. The molecule has 0 aliphatic rings. The summed E-state index contributed by atoms with van der Waals surface area (Å²) in [7, 11) is 0. The second kappa shape index (κ2) is 5.28. The number of halogens is 3. The minimum Gasteiger partial charge on any atom is -0.368 e. The third kappa shape index (κ3) is 3.39. The van der Waals surface area contributed by atoms with Gasteiger partial charge in [0.15, 0.2) is 0 Å². The van der Waals surface area contributed by atoms with E-state index < -0.39 is 11.7 Å². The maximum absolute atomic E-state index is 12.6. The van der Waals surface area contributed by atoms with Crippen molar-refractivity contribution in [1.82, 2.24) is 9.97 Å². The molecular formula is C13H10F3N5. The highest BCUT2D eigenvalue weighted by molar-refractivity contribution is 5.65. The van der Waals surface area contributed by atoms with Crippen LogP contribution in [-0.2, 0) is 6.18 Å². The molecule has 8 heteroatoms. The smallest absolute Gasteiger partial charge is 0.368 e. The Bertz CT molecular complexity index is 698. The fourth-order valence-electron chi connectivity index (χ4n) is 1.72. The van der Waals surface area contributed by atoms with Crippen molar-refractivity contribution in [3.05, 3.63) is 41.1 Å². The fourth-order valence-corrected chi connectivity index (χ4v) is 1.72. The standard InChI is InChI=1S/C13H10F3N5/c1-7-4-11(21-12(18)19-7)20-10-3-2-9(13(14,15)16)5-8(10)6-17/h2-5H,1H3,(H3,18,19,20,21). The van der Waals surface area contributed by atoms with Crippen molar-refractivity contribution >= 4 is 17.5 Å². The summed E-state index contributed by atoms with van der Waals surface area (Å²) in [5.41, 5.74) is 5.27. The number of aromatic nitrogens is 2. The first kappa shape index (κ1) is 14.6. The lowest BCUT2D eigenvalue weighted by Crippen LogP contribution is -2.07. The van der Waals surface area contributed by atoms with Crippen LogP contribution in [-0.4, -0.2) is 9.97 Å². The molecule has 0 unspecified atom stereocenters. The van der Waals surface area contributed by atoms with Crippen LogP contribution < -0.4 is 11.1 Å². The van der Waals surface area contributed by atoms with Crippen LogP contribution in [0.3, 0.4) is 0 Å². The molecule has 2 rings (SSSR count). The number of benzene rings is 1. The van der Waals surface area contributed by atoms with Crippen LogP contribution >= 0.6 is 0 Å². The van der Waals surface area contributed by atoms with Crippen molar-refractivity contribution in [3.63, 3.8) is 0 Å². The van der Waals surface area contributed by atoms with E-state index in [1.165, 1.54) is 6.07 Å². The van der Waals surface area contributed by atoms with E-state index in [0.29, 0.717) is 11.5 Å². The number of nitrogens with two attached hydrogens (primary N) is 1. The quantitative estimate of drug-likeness (QED) is 0.888. The van der Waals surface area contributed by atoms with Gasteiger partial charge in [-0.15, -0.1) is 0 Å². The zero-order valence-corrected chi connectivity index (χ0v) is 10.9. The van der Waals surface area contributed by atoms with Gasteiger partial charge in [-0.25, -0.2) is 4.98 Å².